The van der Waals surface area contributed by atoms with Crippen molar-refractivity contribution in [2.45, 2.75) is 19.4 Å². The first-order valence-electron chi connectivity index (χ1n) is 9.04. The predicted octanol–water partition coefficient (Wildman–Crippen LogP) is 2.21. The number of nitrogens with one attached hydrogen (secondary N) is 1. The fourth-order valence-electron chi connectivity index (χ4n) is 3.27. The third kappa shape index (κ3) is 4.70. The van der Waals surface area contributed by atoms with Crippen LogP contribution in [0.5, 0.6) is 0 Å². The second-order valence-electron chi connectivity index (χ2n) is 6.60. The maximum atomic E-state index is 12.6. The van der Waals surface area contributed by atoms with E-state index in [-0.39, 0.29) is 24.4 Å². The number of hydrogen-bond acceptors (Lipinski definition) is 3. The topological polar surface area (TPSA) is 52.6 Å². The largest absolute Gasteiger partial charge is 0.348 e. The van der Waals surface area contributed by atoms with Crippen molar-refractivity contribution in [3.8, 4) is 0 Å². The van der Waals surface area contributed by atoms with E-state index in [9.17, 15) is 9.59 Å². The van der Waals surface area contributed by atoms with Gasteiger partial charge in [0.25, 0.3) is 0 Å². The number of carbonyl (C=O) groups excluding carboxylic acids is 2. The zero-order chi connectivity index (χ0) is 18.4. The molecule has 5 nitrogen and oxygen atoms in total. The Morgan fingerprint density at radius 3 is 2.35 bits per heavy atom. The van der Waals surface area contributed by atoms with Gasteiger partial charge < -0.3 is 10.2 Å². The first kappa shape index (κ1) is 18.1. The van der Waals surface area contributed by atoms with Crippen LogP contribution in [-0.2, 0) is 16.0 Å². The third-order valence-electron chi connectivity index (χ3n) is 4.65. The number of hydrogen-bond donors (Lipinski definition) is 1. The molecular formula is C21H25N3O2. The number of rotatable bonds is 7. The van der Waals surface area contributed by atoms with Crippen molar-refractivity contribution in [1.82, 2.24) is 15.1 Å². The lowest BCUT2D eigenvalue weighted by Crippen LogP contribution is -2.39. The molecule has 1 saturated heterocycles. The van der Waals surface area contributed by atoms with Crippen molar-refractivity contribution in [2.75, 3.05) is 26.3 Å². The highest BCUT2D eigenvalue weighted by molar-refractivity contribution is 5.83. The summed E-state index contributed by atoms with van der Waals surface area (Å²) in [5.74, 6) is 0.0322. The molecule has 0 aromatic heterocycles. The summed E-state index contributed by atoms with van der Waals surface area (Å²) in [6.45, 7) is 3.71. The van der Waals surface area contributed by atoms with E-state index in [2.05, 4.69) is 17.4 Å². The van der Waals surface area contributed by atoms with E-state index in [0.29, 0.717) is 19.8 Å². The van der Waals surface area contributed by atoms with E-state index < -0.39 is 0 Å². The summed E-state index contributed by atoms with van der Waals surface area (Å²) in [4.78, 5) is 28.1. The molecule has 0 radical (unpaired) electrons. The highest BCUT2D eigenvalue weighted by Crippen LogP contribution is 2.18. The Hall–Kier alpha value is -2.66. The molecule has 0 saturated carbocycles. The normalized spacial score (nSPS) is 15.9. The molecule has 5 heteroatoms. The van der Waals surface area contributed by atoms with Crippen LogP contribution in [0, 0.1) is 0 Å². The highest BCUT2D eigenvalue weighted by Gasteiger charge is 2.28. The Morgan fingerprint density at radius 1 is 1.08 bits per heavy atom. The molecule has 3 rings (SSSR count). The Kier molecular flexibility index (Phi) is 6.02. The van der Waals surface area contributed by atoms with Crippen LogP contribution in [0.25, 0.3) is 0 Å². The lowest BCUT2D eigenvalue weighted by atomic mass is 9.99. The van der Waals surface area contributed by atoms with Gasteiger partial charge >= 0.3 is 0 Å². The molecule has 0 bridgehead atoms. The zero-order valence-electron chi connectivity index (χ0n) is 15.1. The number of nitrogens with zero attached hydrogens (tertiary/aromatic N) is 2. The van der Waals surface area contributed by atoms with E-state index in [1.165, 1.54) is 5.56 Å². The number of amides is 2. The van der Waals surface area contributed by atoms with Crippen molar-refractivity contribution < 1.29 is 9.59 Å². The second-order valence-corrected chi connectivity index (χ2v) is 6.60. The highest BCUT2D eigenvalue weighted by atomic mass is 16.2. The van der Waals surface area contributed by atoms with Gasteiger partial charge in [-0.15, -0.1) is 0 Å². The molecule has 2 amide bonds. The quantitative estimate of drug-likeness (QED) is 0.832. The molecule has 1 fully saturated rings. The summed E-state index contributed by atoms with van der Waals surface area (Å²) < 4.78 is 0. The number of carbonyl (C=O) groups is 2. The van der Waals surface area contributed by atoms with E-state index in [0.717, 1.165) is 12.0 Å². The second kappa shape index (κ2) is 8.63. The summed E-state index contributed by atoms with van der Waals surface area (Å²) in [6, 6.07) is 20.1. The van der Waals surface area contributed by atoms with Crippen molar-refractivity contribution in [2.24, 2.45) is 0 Å². The molecule has 1 aliphatic rings. The van der Waals surface area contributed by atoms with Gasteiger partial charge in [-0.1, -0.05) is 60.7 Å². The first-order chi connectivity index (χ1) is 12.7. The van der Waals surface area contributed by atoms with Gasteiger partial charge in [0.15, 0.2) is 0 Å². The Bertz CT molecular complexity index is 733. The molecule has 1 atom stereocenters. The minimum absolute atomic E-state index is 0.0551. The van der Waals surface area contributed by atoms with Crippen LogP contribution < -0.4 is 5.32 Å². The molecule has 2 aromatic carbocycles. The molecule has 0 aliphatic carbocycles. The van der Waals surface area contributed by atoms with Crippen molar-refractivity contribution in [3.05, 3.63) is 71.8 Å². The fraction of sp³-hybridized carbons (Fsp3) is 0.333. The molecule has 136 valence electrons. The van der Waals surface area contributed by atoms with Gasteiger partial charge in [0, 0.05) is 6.54 Å². The predicted molar refractivity (Wildman–Crippen MR) is 101 cm³/mol. The van der Waals surface area contributed by atoms with Crippen LogP contribution in [-0.4, -0.2) is 47.9 Å². The van der Waals surface area contributed by atoms with Crippen LogP contribution in [0.4, 0.5) is 0 Å². The number of benzene rings is 2. The first-order valence-corrected chi connectivity index (χ1v) is 9.04. The lowest BCUT2D eigenvalue weighted by Gasteiger charge is -2.22. The van der Waals surface area contributed by atoms with Crippen molar-refractivity contribution in [1.29, 1.82) is 0 Å². The molecule has 1 N–H and O–H groups in total. The minimum Gasteiger partial charge on any atom is -0.348 e. The molecule has 26 heavy (non-hydrogen) atoms. The van der Waals surface area contributed by atoms with Crippen LogP contribution in [0.3, 0.4) is 0 Å². The van der Waals surface area contributed by atoms with Crippen LogP contribution >= 0.6 is 0 Å². The van der Waals surface area contributed by atoms with Gasteiger partial charge in [0.05, 0.1) is 25.8 Å². The standard InChI is InChI=1S/C21H25N3O2/c1-2-24-16-23(15-21(24)26)14-20(25)22-19(18-11-7-4-8-12-18)13-17-9-5-3-6-10-17/h3-12,19H,2,13-16H2,1H3,(H,22,25)/t19-/m0/s1. The average Bonchev–Trinajstić information content (AvgIpc) is 3.02. The average molecular weight is 351 g/mol. The van der Waals surface area contributed by atoms with Crippen LogP contribution in [0.2, 0.25) is 0 Å². The van der Waals surface area contributed by atoms with E-state index in [4.69, 9.17) is 0 Å². The van der Waals surface area contributed by atoms with Gasteiger partial charge in [0.2, 0.25) is 11.8 Å². The van der Waals surface area contributed by atoms with Gasteiger partial charge in [-0.2, -0.15) is 0 Å². The molecule has 0 unspecified atom stereocenters. The summed E-state index contributed by atoms with van der Waals surface area (Å²) in [5.41, 5.74) is 2.26. The Morgan fingerprint density at radius 2 is 1.73 bits per heavy atom. The van der Waals surface area contributed by atoms with Gasteiger partial charge in [-0.25, -0.2) is 0 Å². The summed E-state index contributed by atoms with van der Waals surface area (Å²) in [6.07, 6.45) is 0.733. The molecule has 1 heterocycles. The molecule has 1 aliphatic heterocycles. The number of likely N-dealkylation sites (N-methyl/N-ethyl adjacent to an activating group) is 1. The maximum absolute atomic E-state index is 12.6. The van der Waals surface area contributed by atoms with Crippen molar-refractivity contribution >= 4 is 11.8 Å². The van der Waals surface area contributed by atoms with E-state index >= 15 is 0 Å². The van der Waals surface area contributed by atoms with Gasteiger partial charge in [0.1, 0.15) is 0 Å². The SMILES string of the molecule is CCN1CN(CC(=O)N[C@@H](Cc2ccccc2)c2ccccc2)CC1=O. The lowest BCUT2D eigenvalue weighted by molar-refractivity contribution is -0.126. The molecular weight excluding hydrogens is 326 g/mol. The summed E-state index contributed by atoms with van der Waals surface area (Å²) >= 11 is 0. The van der Waals surface area contributed by atoms with E-state index in [1.54, 1.807) is 4.90 Å². The molecule has 0 spiro atoms. The minimum atomic E-state index is -0.0910. The Labute approximate surface area is 154 Å². The monoisotopic (exact) mass is 351 g/mol. The Balaban J connectivity index is 1.65. The van der Waals surface area contributed by atoms with Crippen LogP contribution in [0.15, 0.2) is 60.7 Å². The van der Waals surface area contributed by atoms with Crippen LogP contribution in [0.1, 0.15) is 24.1 Å². The van der Waals surface area contributed by atoms with Crippen molar-refractivity contribution in [3.63, 3.8) is 0 Å². The summed E-state index contributed by atoms with van der Waals surface area (Å²) in [7, 11) is 0. The maximum Gasteiger partial charge on any atom is 0.237 e. The molecule has 2 aromatic rings. The summed E-state index contributed by atoms with van der Waals surface area (Å²) in [5, 5.41) is 3.15. The van der Waals surface area contributed by atoms with Gasteiger partial charge in [-0.3, -0.25) is 14.5 Å². The van der Waals surface area contributed by atoms with E-state index in [1.807, 2.05) is 60.4 Å². The third-order valence-corrected chi connectivity index (χ3v) is 4.65. The van der Waals surface area contributed by atoms with Gasteiger partial charge in [-0.05, 0) is 24.5 Å². The smallest absolute Gasteiger partial charge is 0.237 e. The zero-order valence-corrected chi connectivity index (χ0v) is 15.1. The fourth-order valence-corrected chi connectivity index (χ4v) is 3.27.